The van der Waals surface area contributed by atoms with Crippen LogP contribution in [-0.2, 0) is 6.42 Å². The monoisotopic (exact) mass is 542 g/mol. The van der Waals surface area contributed by atoms with Gasteiger partial charge in [0.15, 0.2) is 0 Å². The first kappa shape index (κ1) is 27.2. The van der Waals surface area contributed by atoms with Crippen molar-refractivity contribution < 1.29 is 9.59 Å². The van der Waals surface area contributed by atoms with Crippen molar-refractivity contribution in [2.24, 2.45) is 29.6 Å². The Balaban J connectivity index is 1.13. The van der Waals surface area contributed by atoms with Gasteiger partial charge in [-0.2, -0.15) is 0 Å². The summed E-state index contributed by atoms with van der Waals surface area (Å²) in [5, 5.41) is 9.61. The van der Waals surface area contributed by atoms with Crippen LogP contribution >= 0.6 is 0 Å². The lowest BCUT2D eigenvalue weighted by atomic mass is 9.53. The van der Waals surface area contributed by atoms with Crippen molar-refractivity contribution in [1.29, 1.82) is 0 Å². The fourth-order valence-corrected chi connectivity index (χ4v) is 8.46. The molecule has 0 spiro atoms. The van der Waals surface area contributed by atoms with Crippen LogP contribution in [-0.4, -0.2) is 37.1 Å². The number of benzene rings is 2. The zero-order chi connectivity index (χ0) is 27.7. The summed E-state index contributed by atoms with van der Waals surface area (Å²) >= 11 is 0. The molecular formula is C34H46N4O2. The Morgan fingerprint density at radius 1 is 0.925 bits per heavy atom. The Labute approximate surface area is 239 Å². The lowest BCUT2D eigenvalue weighted by Gasteiger charge is -2.56. The molecule has 0 atom stereocenters. The molecule has 6 nitrogen and oxygen atoms in total. The zero-order valence-corrected chi connectivity index (χ0v) is 24.3. The fourth-order valence-electron chi connectivity index (χ4n) is 8.46. The summed E-state index contributed by atoms with van der Waals surface area (Å²) in [6, 6.07) is 16.5. The number of hydrogen-bond donors (Lipinski definition) is 3. The normalized spacial score (nSPS) is 27.6. The van der Waals surface area contributed by atoms with Crippen LogP contribution < -0.4 is 20.9 Å². The zero-order valence-electron chi connectivity index (χ0n) is 24.3. The maximum Gasteiger partial charge on any atom is 0.319 e. The van der Waals surface area contributed by atoms with Gasteiger partial charge in [-0.1, -0.05) is 44.2 Å². The molecule has 0 unspecified atom stereocenters. The molecule has 0 aromatic heterocycles. The van der Waals surface area contributed by atoms with Crippen LogP contribution in [0.25, 0.3) is 0 Å². The summed E-state index contributed by atoms with van der Waals surface area (Å²) in [5.41, 5.74) is 3.65. The van der Waals surface area contributed by atoms with E-state index in [1.807, 2.05) is 18.2 Å². The van der Waals surface area contributed by atoms with E-state index >= 15 is 0 Å². The quantitative estimate of drug-likeness (QED) is 0.351. The van der Waals surface area contributed by atoms with E-state index in [1.165, 1.54) is 24.8 Å². The maximum atomic E-state index is 13.4. The number of anilines is 2. The van der Waals surface area contributed by atoms with Gasteiger partial charge in [0.05, 0.1) is 5.56 Å². The Morgan fingerprint density at radius 3 is 2.20 bits per heavy atom. The Bertz CT molecular complexity index is 1170. The third-order valence-electron chi connectivity index (χ3n) is 9.91. The molecule has 3 N–H and O–H groups in total. The smallest absolute Gasteiger partial charge is 0.319 e. The van der Waals surface area contributed by atoms with Gasteiger partial charge < -0.3 is 20.9 Å². The predicted octanol–water partition coefficient (Wildman–Crippen LogP) is 6.62. The lowest BCUT2D eigenvalue weighted by molar-refractivity contribution is -0.0127. The highest BCUT2D eigenvalue weighted by atomic mass is 16.2. The number of nitrogens with zero attached hydrogens (tertiary/aromatic N) is 1. The van der Waals surface area contributed by atoms with Crippen molar-refractivity contribution in [3.8, 4) is 0 Å². The summed E-state index contributed by atoms with van der Waals surface area (Å²) in [6.07, 6.45) is 10.7. The number of carbonyl (C=O) groups excluding carboxylic acids is 2. The van der Waals surface area contributed by atoms with Gasteiger partial charge in [-0.15, -0.1) is 0 Å². The van der Waals surface area contributed by atoms with Gasteiger partial charge in [0.2, 0.25) is 0 Å². The van der Waals surface area contributed by atoms with Gasteiger partial charge in [0, 0.05) is 36.5 Å². The van der Waals surface area contributed by atoms with Crippen LogP contribution in [0, 0.1) is 29.6 Å². The summed E-state index contributed by atoms with van der Waals surface area (Å²) in [5.74, 6) is 3.29. The molecule has 0 radical (unpaired) electrons. The van der Waals surface area contributed by atoms with Gasteiger partial charge in [-0.3, -0.25) is 4.79 Å². The van der Waals surface area contributed by atoms with E-state index in [-0.39, 0.29) is 17.5 Å². The second-order valence-corrected chi connectivity index (χ2v) is 13.7. The first-order valence-electron chi connectivity index (χ1n) is 15.6. The van der Waals surface area contributed by atoms with Crippen LogP contribution in [0.1, 0.15) is 81.1 Å². The van der Waals surface area contributed by atoms with Crippen LogP contribution in [0.5, 0.6) is 0 Å². The number of hydrogen-bond acceptors (Lipinski definition) is 3. The van der Waals surface area contributed by atoms with Crippen molar-refractivity contribution in [2.75, 3.05) is 29.9 Å². The molecular weight excluding hydrogens is 496 g/mol. The number of rotatable bonds is 8. The van der Waals surface area contributed by atoms with Crippen molar-refractivity contribution in [3.05, 3.63) is 59.7 Å². The minimum atomic E-state index is -0.134. The van der Waals surface area contributed by atoms with E-state index in [0.29, 0.717) is 29.6 Å². The highest BCUT2D eigenvalue weighted by Crippen LogP contribution is 2.55. The highest BCUT2D eigenvalue weighted by molar-refractivity contribution is 6.02. The van der Waals surface area contributed by atoms with Gasteiger partial charge in [0.25, 0.3) is 5.91 Å². The summed E-state index contributed by atoms with van der Waals surface area (Å²) in [7, 11) is 0. The molecule has 4 aliphatic carbocycles. The van der Waals surface area contributed by atoms with E-state index < -0.39 is 0 Å². The number of carbonyl (C=O) groups is 2. The van der Waals surface area contributed by atoms with E-state index in [1.54, 1.807) is 0 Å². The van der Waals surface area contributed by atoms with E-state index in [9.17, 15) is 9.59 Å². The summed E-state index contributed by atoms with van der Waals surface area (Å²) < 4.78 is 0. The molecule has 3 amide bonds. The number of nitrogens with one attached hydrogen (secondary N) is 3. The molecule has 2 aromatic carbocycles. The molecule has 5 fully saturated rings. The SMILES string of the molecule is CC(C)CNC(=O)c1cc(NC(=O)NC23CC4CC(CC(C4)C2)C3)ccc1N1CCC(Cc2ccccc2)CC1. The summed E-state index contributed by atoms with van der Waals surface area (Å²) in [6.45, 7) is 6.70. The van der Waals surface area contributed by atoms with Gasteiger partial charge in [-0.05, 0) is 111 Å². The Morgan fingerprint density at radius 2 is 1.57 bits per heavy atom. The van der Waals surface area contributed by atoms with Crippen molar-refractivity contribution >= 4 is 23.3 Å². The van der Waals surface area contributed by atoms with Crippen LogP contribution in [0.3, 0.4) is 0 Å². The molecule has 1 aliphatic heterocycles. The van der Waals surface area contributed by atoms with E-state index in [2.05, 4.69) is 65.0 Å². The van der Waals surface area contributed by atoms with E-state index in [0.717, 1.165) is 75.1 Å². The first-order valence-corrected chi connectivity index (χ1v) is 15.6. The fraction of sp³-hybridized carbons (Fsp3) is 0.588. The van der Waals surface area contributed by atoms with E-state index in [4.69, 9.17) is 0 Å². The van der Waals surface area contributed by atoms with Gasteiger partial charge in [-0.25, -0.2) is 4.79 Å². The summed E-state index contributed by atoms with van der Waals surface area (Å²) in [4.78, 5) is 29.0. The number of urea groups is 1. The molecule has 7 rings (SSSR count). The predicted molar refractivity (Wildman–Crippen MR) is 162 cm³/mol. The molecule has 2 aromatic rings. The molecule has 5 aliphatic rings. The van der Waals surface area contributed by atoms with Gasteiger partial charge >= 0.3 is 6.03 Å². The van der Waals surface area contributed by atoms with Crippen LogP contribution in [0.4, 0.5) is 16.2 Å². The molecule has 4 saturated carbocycles. The van der Waals surface area contributed by atoms with Crippen LogP contribution in [0.15, 0.2) is 48.5 Å². The lowest BCUT2D eigenvalue weighted by Crippen LogP contribution is -2.60. The Hall–Kier alpha value is -3.02. The number of piperidine rings is 1. The third-order valence-corrected chi connectivity index (χ3v) is 9.91. The second-order valence-electron chi connectivity index (χ2n) is 13.7. The maximum absolute atomic E-state index is 13.4. The molecule has 6 heteroatoms. The average Bonchev–Trinajstić information content (AvgIpc) is 2.91. The number of amides is 3. The third kappa shape index (κ3) is 6.16. The Kier molecular flexibility index (Phi) is 7.78. The van der Waals surface area contributed by atoms with Gasteiger partial charge in [0.1, 0.15) is 0 Å². The topological polar surface area (TPSA) is 73.5 Å². The average molecular weight is 543 g/mol. The standard InChI is InChI=1S/C34H46N4O2/c1-23(2)22-35-32(39)30-18-29(36-33(40)37-34-19-26-15-27(20-34)17-28(16-26)21-34)8-9-31(30)38-12-10-25(11-13-38)14-24-6-4-3-5-7-24/h3-9,18,23,25-28H,10-17,19-22H2,1-2H3,(H,35,39)(H2,36,37,40). The molecule has 214 valence electrons. The largest absolute Gasteiger partial charge is 0.371 e. The van der Waals surface area contributed by atoms with Crippen LogP contribution in [0.2, 0.25) is 0 Å². The molecule has 4 bridgehead atoms. The minimum absolute atomic E-state index is 0.0413. The minimum Gasteiger partial charge on any atom is -0.371 e. The molecule has 40 heavy (non-hydrogen) atoms. The van der Waals surface area contributed by atoms with Crippen molar-refractivity contribution in [1.82, 2.24) is 10.6 Å². The first-order chi connectivity index (χ1) is 19.3. The highest BCUT2D eigenvalue weighted by Gasteiger charge is 2.51. The molecule has 1 heterocycles. The van der Waals surface area contributed by atoms with Crippen molar-refractivity contribution in [3.63, 3.8) is 0 Å². The van der Waals surface area contributed by atoms with Crippen molar-refractivity contribution in [2.45, 2.75) is 77.2 Å². The second kappa shape index (κ2) is 11.5. The molecule has 1 saturated heterocycles.